The van der Waals surface area contributed by atoms with Gasteiger partial charge in [0.15, 0.2) is 0 Å². The van der Waals surface area contributed by atoms with E-state index in [-0.39, 0.29) is 0 Å². The monoisotopic (exact) mass is 223 g/mol. The van der Waals surface area contributed by atoms with Crippen molar-refractivity contribution in [3.05, 3.63) is 0 Å². The van der Waals surface area contributed by atoms with Gasteiger partial charge in [-0.1, -0.05) is 13.3 Å². The van der Waals surface area contributed by atoms with Crippen LogP contribution in [0.4, 0.5) is 0 Å². The molecule has 2 saturated carbocycles. The number of hydrogen-bond donors (Lipinski definition) is 0. The van der Waals surface area contributed by atoms with Gasteiger partial charge in [0.05, 0.1) is 6.54 Å². The molecule has 0 unspecified atom stereocenters. The molecule has 0 aromatic heterocycles. The van der Waals surface area contributed by atoms with Gasteiger partial charge < -0.3 is 0 Å². The van der Waals surface area contributed by atoms with Crippen molar-refractivity contribution < 1.29 is 4.79 Å². The second-order valence-electron chi connectivity index (χ2n) is 5.74. The minimum absolute atomic E-state index is 0.425. The molecular weight excluding hydrogens is 198 g/mol. The van der Waals surface area contributed by atoms with Crippen molar-refractivity contribution in [2.24, 2.45) is 11.8 Å². The maximum atomic E-state index is 11.7. The molecule has 16 heavy (non-hydrogen) atoms. The Labute approximate surface area is 99.4 Å². The fraction of sp³-hybridized carbons (Fsp3) is 0.929. The first-order valence-electron chi connectivity index (χ1n) is 6.93. The number of carbonyl (C=O) groups is 1. The van der Waals surface area contributed by atoms with Gasteiger partial charge in [-0.05, 0) is 51.5 Å². The van der Waals surface area contributed by atoms with Gasteiger partial charge in [0, 0.05) is 12.0 Å². The molecule has 0 heterocycles. The topological polar surface area (TPSA) is 20.3 Å². The SMILES string of the molecule is CCC1CCC(N(C)CC(=O)C2CC2)CC1. The molecule has 0 N–H and O–H groups in total. The standard InChI is InChI=1S/C14H25NO/c1-3-11-4-8-13(9-5-11)15(2)10-14(16)12-6-7-12/h11-13H,3-10H2,1-2H3. The van der Waals surface area contributed by atoms with Crippen molar-refractivity contribution in [3.63, 3.8) is 0 Å². The minimum Gasteiger partial charge on any atom is -0.298 e. The lowest BCUT2D eigenvalue weighted by Gasteiger charge is -2.34. The van der Waals surface area contributed by atoms with E-state index in [1.807, 2.05) is 0 Å². The van der Waals surface area contributed by atoms with Crippen LogP contribution in [-0.2, 0) is 4.79 Å². The van der Waals surface area contributed by atoms with Gasteiger partial charge in [-0.2, -0.15) is 0 Å². The molecule has 0 saturated heterocycles. The Morgan fingerprint density at radius 1 is 1.12 bits per heavy atom. The van der Waals surface area contributed by atoms with Crippen LogP contribution in [0.2, 0.25) is 0 Å². The average Bonchev–Trinajstić information content (AvgIpc) is 3.13. The summed E-state index contributed by atoms with van der Waals surface area (Å²) in [5, 5.41) is 0. The van der Waals surface area contributed by atoms with Gasteiger partial charge >= 0.3 is 0 Å². The van der Waals surface area contributed by atoms with E-state index in [9.17, 15) is 4.79 Å². The molecule has 0 amide bonds. The zero-order chi connectivity index (χ0) is 11.5. The van der Waals surface area contributed by atoms with E-state index < -0.39 is 0 Å². The van der Waals surface area contributed by atoms with Crippen LogP contribution in [0, 0.1) is 11.8 Å². The predicted molar refractivity (Wildman–Crippen MR) is 66.4 cm³/mol. The molecule has 0 aromatic carbocycles. The molecule has 0 radical (unpaired) electrons. The Balaban J connectivity index is 1.72. The number of Topliss-reactive ketones (excluding diaryl/α,β-unsaturated/α-hetero) is 1. The second-order valence-corrected chi connectivity index (χ2v) is 5.74. The highest BCUT2D eigenvalue weighted by Gasteiger charge is 2.31. The maximum absolute atomic E-state index is 11.7. The molecule has 2 heteroatoms. The molecule has 2 nitrogen and oxygen atoms in total. The van der Waals surface area contributed by atoms with Crippen LogP contribution in [0.1, 0.15) is 51.9 Å². The van der Waals surface area contributed by atoms with Crippen LogP contribution in [0.5, 0.6) is 0 Å². The van der Waals surface area contributed by atoms with Crippen LogP contribution < -0.4 is 0 Å². The number of likely N-dealkylation sites (N-methyl/N-ethyl adjacent to an activating group) is 1. The van der Waals surface area contributed by atoms with Gasteiger partial charge in [0.25, 0.3) is 0 Å². The van der Waals surface area contributed by atoms with Crippen LogP contribution in [0.15, 0.2) is 0 Å². The Morgan fingerprint density at radius 3 is 2.25 bits per heavy atom. The third-order valence-electron chi connectivity index (χ3n) is 4.45. The van der Waals surface area contributed by atoms with Gasteiger partial charge in [-0.25, -0.2) is 0 Å². The van der Waals surface area contributed by atoms with Crippen molar-refractivity contribution in [3.8, 4) is 0 Å². The summed E-state index contributed by atoms with van der Waals surface area (Å²) in [6, 6.07) is 0.672. The van der Waals surface area contributed by atoms with Crippen molar-refractivity contribution in [2.45, 2.75) is 57.9 Å². The molecule has 0 atom stereocenters. The van der Waals surface area contributed by atoms with Crippen LogP contribution >= 0.6 is 0 Å². The van der Waals surface area contributed by atoms with Crippen molar-refractivity contribution in [2.75, 3.05) is 13.6 Å². The lowest BCUT2D eigenvalue weighted by molar-refractivity contribution is -0.121. The largest absolute Gasteiger partial charge is 0.298 e. The van der Waals surface area contributed by atoms with E-state index in [1.165, 1.54) is 32.1 Å². The first kappa shape index (κ1) is 12.1. The molecule has 2 aliphatic rings. The first-order chi connectivity index (χ1) is 7.70. The smallest absolute Gasteiger partial charge is 0.149 e. The predicted octanol–water partition coefficient (Wildman–Crippen LogP) is 2.87. The maximum Gasteiger partial charge on any atom is 0.149 e. The molecule has 0 aliphatic heterocycles. The fourth-order valence-electron chi connectivity index (χ4n) is 2.90. The van der Waals surface area contributed by atoms with E-state index in [1.54, 1.807) is 0 Å². The quantitative estimate of drug-likeness (QED) is 0.714. The van der Waals surface area contributed by atoms with E-state index in [0.717, 1.165) is 18.8 Å². The summed E-state index contributed by atoms with van der Waals surface area (Å²) >= 11 is 0. The summed E-state index contributed by atoms with van der Waals surface area (Å²) in [7, 11) is 2.14. The highest BCUT2D eigenvalue weighted by molar-refractivity contribution is 5.84. The van der Waals surface area contributed by atoms with Gasteiger partial charge in [-0.3, -0.25) is 9.69 Å². The number of nitrogens with zero attached hydrogens (tertiary/aromatic N) is 1. The minimum atomic E-state index is 0.425. The third-order valence-corrected chi connectivity index (χ3v) is 4.45. The van der Waals surface area contributed by atoms with E-state index >= 15 is 0 Å². The molecule has 2 aliphatic carbocycles. The summed E-state index contributed by atoms with van der Waals surface area (Å²) in [6.45, 7) is 3.00. The van der Waals surface area contributed by atoms with E-state index in [4.69, 9.17) is 0 Å². The Morgan fingerprint density at radius 2 is 1.75 bits per heavy atom. The Kier molecular flexibility index (Phi) is 4.01. The fourth-order valence-corrected chi connectivity index (χ4v) is 2.90. The number of ketones is 1. The summed E-state index contributed by atoms with van der Waals surface area (Å²) in [5.41, 5.74) is 0. The highest BCUT2D eigenvalue weighted by atomic mass is 16.1. The normalized spacial score (nSPS) is 30.7. The van der Waals surface area contributed by atoms with Crippen LogP contribution in [0.3, 0.4) is 0 Å². The summed E-state index contributed by atoms with van der Waals surface area (Å²) in [6.07, 6.45) is 8.95. The van der Waals surface area contributed by atoms with Gasteiger partial charge in [-0.15, -0.1) is 0 Å². The van der Waals surface area contributed by atoms with Crippen LogP contribution in [0.25, 0.3) is 0 Å². The molecule has 0 bridgehead atoms. The molecule has 2 fully saturated rings. The third kappa shape index (κ3) is 3.07. The number of rotatable bonds is 5. The zero-order valence-corrected chi connectivity index (χ0v) is 10.7. The van der Waals surface area contributed by atoms with Crippen molar-refractivity contribution in [1.29, 1.82) is 0 Å². The molecule has 2 rings (SSSR count). The Hall–Kier alpha value is -0.370. The lowest BCUT2D eigenvalue weighted by atomic mass is 9.84. The molecule has 92 valence electrons. The Bertz CT molecular complexity index is 239. The summed E-state index contributed by atoms with van der Waals surface area (Å²) in [4.78, 5) is 14.0. The average molecular weight is 223 g/mol. The molecular formula is C14H25NO. The summed E-state index contributed by atoms with van der Waals surface area (Å²) in [5.74, 6) is 1.86. The number of hydrogen-bond acceptors (Lipinski definition) is 2. The second kappa shape index (κ2) is 5.31. The highest BCUT2D eigenvalue weighted by Crippen LogP contribution is 2.32. The van der Waals surface area contributed by atoms with E-state index in [2.05, 4.69) is 18.9 Å². The number of carbonyl (C=O) groups excluding carboxylic acids is 1. The molecule has 0 aromatic rings. The van der Waals surface area contributed by atoms with Gasteiger partial charge in [0.1, 0.15) is 5.78 Å². The van der Waals surface area contributed by atoms with Crippen LogP contribution in [-0.4, -0.2) is 30.3 Å². The zero-order valence-electron chi connectivity index (χ0n) is 10.7. The van der Waals surface area contributed by atoms with Crippen molar-refractivity contribution >= 4 is 5.78 Å². The summed E-state index contributed by atoms with van der Waals surface area (Å²) < 4.78 is 0. The van der Waals surface area contributed by atoms with Crippen molar-refractivity contribution in [1.82, 2.24) is 4.90 Å². The molecule has 0 spiro atoms. The van der Waals surface area contributed by atoms with E-state index in [0.29, 0.717) is 24.3 Å². The first-order valence-corrected chi connectivity index (χ1v) is 6.93. The van der Waals surface area contributed by atoms with Gasteiger partial charge in [0.2, 0.25) is 0 Å². The lowest BCUT2D eigenvalue weighted by Crippen LogP contribution is -2.38.